The van der Waals surface area contributed by atoms with Crippen LogP contribution in [0.2, 0.25) is 0 Å². The molecule has 0 radical (unpaired) electrons. The molecule has 2 aromatic carbocycles. The van der Waals surface area contributed by atoms with Crippen LogP contribution < -0.4 is 15.0 Å². The van der Waals surface area contributed by atoms with E-state index in [1.165, 1.54) is 24.5 Å². The fourth-order valence-corrected chi connectivity index (χ4v) is 4.70. The Morgan fingerprint density at radius 1 is 1.15 bits per heavy atom. The van der Waals surface area contributed by atoms with Crippen molar-refractivity contribution in [2.45, 2.75) is 50.5 Å². The molecule has 0 spiro atoms. The number of aliphatic hydroxyl groups is 1. The number of amides is 1. The Morgan fingerprint density at radius 2 is 1.91 bits per heavy atom. The van der Waals surface area contributed by atoms with Gasteiger partial charge in [0.2, 0.25) is 0 Å². The minimum Gasteiger partial charge on any atom is -0.477 e. The van der Waals surface area contributed by atoms with Gasteiger partial charge < -0.3 is 20.1 Å². The van der Waals surface area contributed by atoms with Crippen LogP contribution in [-0.4, -0.2) is 45.6 Å². The van der Waals surface area contributed by atoms with Gasteiger partial charge in [0.25, 0.3) is 5.91 Å². The Kier molecular flexibility index (Phi) is 6.19. The van der Waals surface area contributed by atoms with E-state index in [1.807, 2.05) is 17.0 Å². The largest absolute Gasteiger partial charge is 0.477 e. The van der Waals surface area contributed by atoms with Crippen molar-refractivity contribution in [1.82, 2.24) is 15.1 Å². The SMILES string of the molecule is O=C(NC1CCCCC1O)C1CN(Cc2cc(F)c(-n3cccn3)c(F)c2)c2ccccc2O1. The van der Waals surface area contributed by atoms with Gasteiger partial charge in [0.05, 0.1) is 24.4 Å². The number of halogens is 2. The van der Waals surface area contributed by atoms with Crippen molar-refractivity contribution in [3.8, 4) is 11.4 Å². The summed E-state index contributed by atoms with van der Waals surface area (Å²) in [6.07, 6.45) is 4.83. The molecule has 1 saturated carbocycles. The second-order valence-corrected chi connectivity index (χ2v) is 8.78. The first kappa shape index (κ1) is 22.3. The maximum absolute atomic E-state index is 14.8. The van der Waals surface area contributed by atoms with Crippen LogP contribution in [-0.2, 0) is 11.3 Å². The summed E-state index contributed by atoms with van der Waals surface area (Å²) in [5.41, 5.74) is 0.921. The first-order valence-electron chi connectivity index (χ1n) is 11.5. The van der Waals surface area contributed by atoms with Crippen LogP contribution in [0.25, 0.3) is 5.69 Å². The number of ether oxygens (including phenoxy) is 1. The molecule has 7 nitrogen and oxygen atoms in total. The average Bonchev–Trinajstić information content (AvgIpc) is 3.34. The van der Waals surface area contributed by atoms with Gasteiger partial charge in [-0.15, -0.1) is 0 Å². The summed E-state index contributed by atoms with van der Waals surface area (Å²) >= 11 is 0. The molecule has 2 aliphatic rings. The summed E-state index contributed by atoms with van der Waals surface area (Å²) in [5.74, 6) is -1.23. The quantitative estimate of drug-likeness (QED) is 0.601. The highest BCUT2D eigenvalue weighted by Crippen LogP contribution is 2.35. The second-order valence-electron chi connectivity index (χ2n) is 8.78. The monoisotopic (exact) mass is 468 g/mol. The number of hydrogen-bond donors (Lipinski definition) is 2. The van der Waals surface area contributed by atoms with Gasteiger partial charge in [-0.2, -0.15) is 5.10 Å². The Labute approximate surface area is 196 Å². The Bertz CT molecular complexity index is 1150. The zero-order valence-corrected chi connectivity index (χ0v) is 18.5. The van der Waals surface area contributed by atoms with Gasteiger partial charge in [0, 0.05) is 18.9 Å². The van der Waals surface area contributed by atoms with Gasteiger partial charge in [0.1, 0.15) is 11.4 Å². The number of carbonyl (C=O) groups is 1. The molecule has 3 atom stereocenters. The summed E-state index contributed by atoms with van der Waals surface area (Å²) in [6.45, 7) is 0.388. The lowest BCUT2D eigenvalue weighted by molar-refractivity contribution is -0.129. The topological polar surface area (TPSA) is 79.6 Å². The number of carbonyl (C=O) groups excluding carboxylic acids is 1. The first-order valence-corrected chi connectivity index (χ1v) is 11.5. The number of rotatable bonds is 5. The van der Waals surface area contributed by atoms with E-state index in [4.69, 9.17) is 4.74 Å². The van der Waals surface area contributed by atoms with E-state index in [1.54, 1.807) is 18.2 Å². The molecule has 9 heteroatoms. The fourth-order valence-electron chi connectivity index (χ4n) is 4.70. The minimum atomic E-state index is -0.818. The average molecular weight is 469 g/mol. The molecule has 0 saturated heterocycles. The summed E-state index contributed by atoms with van der Waals surface area (Å²) in [7, 11) is 0. The van der Waals surface area contributed by atoms with Gasteiger partial charge in [-0.1, -0.05) is 25.0 Å². The molecule has 3 aromatic rings. The molecule has 178 valence electrons. The van der Waals surface area contributed by atoms with Crippen molar-refractivity contribution in [2.75, 3.05) is 11.4 Å². The maximum Gasteiger partial charge on any atom is 0.263 e. The van der Waals surface area contributed by atoms with Crippen LogP contribution in [0.15, 0.2) is 54.9 Å². The molecule has 1 fully saturated rings. The van der Waals surface area contributed by atoms with E-state index in [-0.39, 0.29) is 30.7 Å². The molecule has 34 heavy (non-hydrogen) atoms. The molecule has 5 rings (SSSR count). The van der Waals surface area contributed by atoms with E-state index < -0.39 is 23.8 Å². The third-order valence-corrected chi connectivity index (χ3v) is 6.39. The van der Waals surface area contributed by atoms with Crippen molar-refractivity contribution in [3.63, 3.8) is 0 Å². The first-order chi connectivity index (χ1) is 16.5. The third kappa shape index (κ3) is 4.48. The number of hydrogen-bond acceptors (Lipinski definition) is 5. The normalized spacial score (nSPS) is 22.1. The van der Waals surface area contributed by atoms with E-state index in [9.17, 15) is 18.7 Å². The van der Waals surface area contributed by atoms with E-state index >= 15 is 0 Å². The van der Waals surface area contributed by atoms with Gasteiger partial charge in [0.15, 0.2) is 17.7 Å². The van der Waals surface area contributed by atoms with Crippen molar-refractivity contribution >= 4 is 11.6 Å². The molecular formula is C25H26F2N4O3. The fraction of sp³-hybridized carbons (Fsp3) is 0.360. The smallest absolute Gasteiger partial charge is 0.263 e. The number of fused-ring (bicyclic) bond motifs is 1. The van der Waals surface area contributed by atoms with Crippen LogP contribution in [0.3, 0.4) is 0 Å². The molecule has 1 aliphatic carbocycles. The van der Waals surface area contributed by atoms with E-state index in [2.05, 4.69) is 10.4 Å². The molecule has 2 N–H and O–H groups in total. The summed E-state index contributed by atoms with van der Waals surface area (Å²) < 4.78 is 36.7. The lowest BCUT2D eigenvalue weighted by atomic mass is 9.92. The minimum absolute atomic E-state index is 0.184. The van der Waals surface area contributed by atoms with E-state index in [0.29, 0.717) is 17.7 Å². The molecule has 1 aromatic heterocycles. The van der Waals surface area contributed by atoms with Gasteiger partial charge in [-0.25, -0.2) is 13.5 Å². The zero-order valence-electron chi connectivity index (χ0n) is 18.5. The number of anilines is 1. The number of aromatic nitrogens is 2. The number of nitrogens with one attached hydrogen (secondary N) is 1. The van der Waals surface area contributed by atoms with Crippen LogP contribution in [0, 0.1) is 11.6 Å². The number of nitrogens with zero attached hydrogens (tertiary/aromatic N) is 3. The zero-order chi connectivity index (χ0) is 23.7. The maximum atomic E-state index is 14.8. The molecule has 1 amide bonds. The van der Waals surface area contributed by atoms with Crippen LogP contribution in [0.1, 0.15) is 31.2 Å². The number of para-hydroxylation sites is 2. The Morgan fingerprint density at radius 3 is 2.65 bits per heavy atom. The van der Waals surface area contributed by atoms with Gasteiger partial charge in [-0.05, 0) is 48.7 Å². The molecular weight excluding hydrogens is 442 g/mol. The van der Waals surface area contributed by atoms with Crippen molar-refractivity contribution in [1.29, 1.82) is 0 Å². The van der Waals surface area contributed by atoms with Crippen LogP contribution >= 0.6 is 0 Å². The van der Waals surface area contributed by atoms with Crippen molar-refractivity contribution in [2.24, 2.45) is 0 Å². The molecule has 2 heterocycles. The Balaban J connectivity index is 1.37. The van der Waals surface area contributed by atoms with E-state index in [0.717, 1.165) is 29.6 Å². The highest BCUT2D eigenvalue weighted by Gasteiger charge is 2.34. The standard InChI is InChI=1S/C25H26F2N4O3/c26-17-12-16(13-18(27)24(17)31-11-5-10-28-31)14-30-15-23(34-22-9-4-2-7-20(22)30)25(33)29-19-6-1-3-8-21(19)32/h2,4-5,7,9-13,19,21,23,32H,1,3,6,8,14-15H2,(H,29,33). The number of aliphatic hydroxyl groups excluding tert-OH is 1. The summed E-state index contributed by atoms with van der Waals surface area (Å²) in [6, 6.07) is 11.1. The second kappa shape index (κ2) is 9.42. The molecule has 3 unspecified atom stereocenters. The van der Waals surface area contributed by atoms with Crippen LogP contribution in [0.4, 0.5) is 14.5 Å². The van der Waals surface area contributed by atoms with Gasteiger partial charge >= 0.3 is 0 Å². The molecule has 1 aliphatic heterocycles. The third-order valence-electron chi connectivity index (χ3n) is 6.39. The van der Waals surface area contributed by atoms with Crippen molar-refractivity contribution in [3.05, 3.63) is 72.1 Å². The highest BCUT2D eigenvalue weighted by atomic mass is 19.1. The summed E-state index contributed by atoms with van der Waals surface area (Å²) in [4.78, 5) is 14.9. The highest BCUT2D eigenvalue weighted by molar-refractivity contribution is 5.83. The Hall–Kier alpha value is -3.46. The van der Waals surface area contributed by atoms with Crippen LogP contribution in [0.5, 0.6) is 5.75 Å². The predicted octanol–water partition coefficient (Wildman–Crippen LogP) is 3.34. The lowest BCUT2D eigenvalue weighted by Crippen LogP contribution is -2.54. The predicted molar refractivity (Wildman–Crippen MR) is 122 cm³/mol. The lowest BCUT2D eigenvalue weighted by Gasteiger charge is -2.37. The summed E-state index contributed by atoms with van der Waals surface area (Å²) in [5, 5.41) is 17.1. The van der Waals surface area contributed by atoms with Crippen molar-refractivity contribution < 1.29 is 23.4 Å². The van der Waals surface area contributed by atoms with Gasteiger partial charge in [-0.3, -0.25) is 4.79 Å². The number of benzene rings is 2. The molecule has 0 bridgehead atoms.